The Morgan fingerprint density at radius 2 is 1.50 bits per heavy atom. The number of hydrogen-bond acceptors (Lipinski definition) is 8. The number of hydrogen-bond donors (Lipinski definition) is 4. The maximum absolute atomic E-state index is 13.4. The Kier molecular flexibility index (Phi) is 9.72. The minimum atomic E-state index is -1.25. The lowest BCUT2D eigenvalue weighted by atomic mass is 9.90. The van der Waals surface area contributed by atoms with Crippen molar-refractivity contribution in [2.75, 3.05) is 13.1 Å². The number of aliphatic hydroxyl groups is 2. The third-order valence-corrected chi connectivity index (χ3v) is 6.71. The topological polar surface area (TPSA) is 170 Å². The highest BCUT2D eigenvalue weighted by atomic mass is 16.3. The Hall–Kier alpha value is -2.37. The average Bonchev–Trinajstić information content (AvgIpc) is 3.43. The van der Waals surface area contributed by atoms with E-state index in [2.05, 4.69) is 5.32 Å². The first-order valence-electron chi connectivity index (χ1n) is 11.9. The van der Waals surface area contributed by atoms with E-state index in [4.69, 9.17) is 5.73 Å². The number of amides is 3. The molecular formula is C23H38N4O7. The third-order valence-electron chi connectivity index (χ3n) is 6.71. The fourth-order valence-corrected chi connectivity index (χ4v) is 4.70. The van der Waals surface area contributed by atoms with Crippen LogP contribution in [0.4, 0.5) is 0 Å². The number of carbonyl (C=O) groups excluding carboxylic acids is 5. The van der Waals surface area contributed by atoms with Gasteiger partial charge >= 0.3 is 0 Å². The smallest absolute Gasteiger partial charge is 0.248 e. The van der Waals surface area contributed by atoms with Crippen LogP contribution in [-0.4, -0.2) is 98.8 Å². The lowest BCUT2D eigenvalue weighted by Gasteiger charge is -2.34. The maximum Gasteiger partial charge on any atom is 0.248 e. The summed E-state index contributed by atoms with van der Waals surface area (Å²) in [7, 11) is 0. The van der Waals surface area contributed by atoms with Crippen molar-refractivity contribution in [3.8, 4) is 0 Å². The summed E-state index contributed by atoms with van der Waals surface area (Å²) >= 11 is 0. The van der Waals surface area contributed by atoms with Crippen LogP contribution in [0.1, 0.15) is 59.8 Å². The van der Waals surface area contributed by atoms with Crippen LogP contribution in [0, 0.1) is 5.92 Å². The van der Waals surface area contributed by atoms with Gasteiger partial charge in [0, 0.05) is 25.4 Å². The molecule has 34 heavy (non-hydrogen) atoms. The van der Waals surface area contributed by atoms with E-state index in [-0.39, 0.29) is 30.4 Å². The summed E-state index contributed by atoms with van der Waals surface area (Å²) in [6.07, 6.45) is -0.284. The number of nitrogens with two attached hydrogens (primary N) is 1. The monoisotopic (exact) mass is 482 g/mol. The molecule has 2 rings (SSSR count). The van der Waals surface area contributed by atoms with Crippen molar-refractivity contribution in [1.82, 2.24) is 15.1 Å². The maximum atomic E-state index is 13.4. The molecule has 192 valence electrons. The van der Waals surface area contributed by atoms with Crippen molar-refractivity contribution in [2.45, 2.75) is 96.2 Å². The highest BCUT2D eigenvalue weighted by molar-refractivity contribution is 5.97. The molecule has 0 saturated carbocycles. The Balaban J connectivity index is 2.16. The number of carbonyl (C=O) groups is 5. The first-order valence-corrected chi connectivity index (χ1v) is 11.9. The van der Waals surface area contributed by atoms with E-state index in [1.165, 1.54) is 37.5 Å². The van der Waals surface area contributed by atoms with E-state index >= 15 is 0 Å². The van der Waals surface area contributed by atoms with E-state index in [1.807, 2.05) is 0 Å². The second-order valence-corrected chi connectivity index (χ2v) is 9.52. The van der Waals surface area contributed by atoms with Gasteiger partial charge in [0.25, 0.3) is 0 Å². The summed E-state index contributed by atoms with van der Waals surface area (Å²) in [5.74, 6) is -2.92. The highest BCUT2D eigenvalue weighted by Gasteiger charge is 2.44. The number of rotatable bonds is 10. The van der Waals surface area contributed by atoms with Gasteiger partial charge in [0.05, 0.1) is 24.3 Å². The molecule has 0 aliphatic carbocycles. The predicted molar refractivity (Wildman–Crippen MR) is 122 cm³/mol. The molecule has 0 spiro atoms. The SMILES string of the molecule is CC(=O)[C@@H](CC(=O)[C@@H]1CCCN1C(=O)[C@@H]1CCCN1C(=O)[C@@H](NC(=O)[C@@H](C)N)[C@@H](C)O)[C@@H](C)O. The zero-order valence-electron chi connectivity index (χ0n) is 20.4. The number of nitrogens with zero attached hydrogens (tertiary/aromatic N) is 2. The van der Waals surface area contributed by atoms with E-state index in [1.54, 1.807) is 0 Å². The van der Waals surface area contributed by atoms with Crippen molar-refractivity contribution in [3.05, 3.63) is 0 Å². The number of aliphatic hydroxyl groups excluding tert-OH is 2. The second kappa shape index (κ2) is 11.9. The Labute approximate surface area is 200 Å². The molecule has 0 aromatic heterocycles. The zero-order chi connectivity index (χ0) is 25.7. The largest absolute Gasteiger partial charge is 0.393 e. The zero-order valence-corrected chi connectivity index (χ0v) is 20.4. The quantitative estimate of drug-likeness (QED) is 0.298. The lowest BCUT2D eigenvalue weighted by molar-refractivity contribution is -0.149. The Bertz CT molecular complexity index is 798. The van der Waals surface area contributed by atoms with Crippen LogP contribution in [0.15, 0.2) is 0 Å². The molecule has 0 unspecified atom stereocenters. The van der Waals surface area contributed by atoms with Gasteiger partial charge < -0.3 is 31.1 Å². The van der Waals surface area contributed by atoms with Crippen LogP contribution in [0.25, 0.3) is 0 Å². The molecular weight excluding hydrogens is 444 g/mol. The fourth-order valence-electron chi connectivity index (χ4n) is 4.70. The summed E-state index contributed by atoms with van der Waals surface area (Å²) in [6, 6.07) is -3.64. The number of Topliss-reactive ketones (excluding diaryl/α,β-unsaturated/α-hetero) is 2. The molecule has 2 aliphatic rings. The molecule has 0 aromatic rings. The van der Waals surface area contributed by atoms with Crippen molar-refractivity contribution >= 4 is 29.3 Å². The van der Waals surface area contributed by atoms with Crippen LogP contribution in [0.3, 0.4) is 0 Å². The van der Waals surface area contributed by atoms with Crippen LogP contribution < -0.4 is 11.1 Å². The van der Waals surface area contributed by atoms with Gasteiger partial charge in [-0.3, -0.25) is 24.0 Å². The van der Waals surface area contributed by atoms with E-state index in [0.29, 0.717) is 32.2 Å². The van der Waals surface area contributed by atoms with E-state index < -0.39 is 54.1 Å². The molecule has 0 aromatic carbocycles. The summed E-state index contributed by atoms with van der Waals surface area (Å²) in [5.41, 5.74) is 5.56. The minimum Gasteiger partial charge on any atom is -0.393 e. The Morgan fingerprint density at radius 3 is 2.00 bits per heavy atom. The number of likely N-dealkylation sites (tertiary alicyclic amines) is 2. The molecule has 0 bridgehead atoms. The third kappa shape index (κ3) is 6.39. The van der Waals surface area contributed by atoms with Gasteiger partial charge in [-0.25, -0.2) is 0 Å². The molecule has 2 fully saturated rings. The Morgan fingerprint density at radius 1 is 0.941 bits per heavy atom. The standard InChI is InChI=1S/C23H38N4O7/c1-12(24)21(32)25-20(15(4)30)23(34)27-10-6-8-18(27)22(33)26-9-5-7-17(26)19(31)11-16(13(2)28)14(3)29/h12-13,15-18,20,28,30H,5-11,24H2,1-4H3,(H,25,32)/t12-,13-,15-,16+,17+,18+,20+/m1/s1. The number of ketones is 2. The van der Waals surface area contributed by atoms with Crippen LogP contribution >= 0.6 is 0 Å². The second-order valence-electron chi connectivity index (χ2n) is 9.52. The number of nitrogens with one attached hydrogen (secondary N) is 1. The van der Waals surface area contributed by atoms with Gasteiger partial charge in [0.15, 0.2) is 5.78 Å². The van der Waals surface area contributed by atoms with Gasteiger partial charge in [-0.15, -0.1) is 0 Å². The summed E-state index contributed by atoms with van der Waals surface area (Å²) < 4.78 is 0. The van der Waals surface area contributed by atoms with Crippen molar-refractivity contribution in [2.24, 2.45) is 11.7 Å². The van der Waals surface area contributed by atoms with Crippen LogP contribution in [0.2, 0.25) is 0 Å². The van der Waals surface area contributed by atoms with Crippen molar-refractivity contribution < 1.29 is 34.2 Å². The van der Waals surface area contributed by atoms with Crippen LogP contribution in [-0.2, 0) is 24.0 Å². The molecule has 2 saturated heterocycles. The molecule has 7 atom stereocenters. The lowest BCUT2D eigenvalue weighted by Crippen LogP contribution is -2.59. The molecule has 5 N–H and O–H groups in total. The van der Waals surface area contributed by atoms with Gasteiger partial charge in [0.1, 0.15) is 17.9 Å². The minimum absolute atomic E-state index is 0.151. The first kappa shape index (κ1) is 27.9. The fraction of sp³-hybridized carbons (Fsp3) is 0.783. The normalized spacial score (nSPS) is 24.8. The van der Waals surface area contributed by atoms with Gasteiger partial charge in [-0.1, -0.05) is 0 Å². The molecule has 11 nitrogen and oxygen atoms in total. The summed E-state index contributed by atoms with van der Waals surface area (Å²) in [5, 5.41) is 22.4. The van der Waals surface area contributed by atoms with E-state index in [9.17, 15) is 34.2 Å². The van der Waals surface area contributed by atoms with Crippen molar-refractivity contribution in [3.63, 3.8) is 0 Å². The predicted octanol–water partition coefficient (Wildman–Crippen LogP) is -1.27. The summed E-state index contributed by atoms with van der Waals surface area (Å²) in [4.78, 5) is 66.3. The van der Waals surface area contributed by atoms with Crippen molar-refractivity contribution in [1.29, 1.82) is 0 Å². The molecule has 3 amide bonds. The molecule has 11 heteroatoms. The average molecular weight is 483 g/mol. The summed E-state index contributed by atoms with van der Waals surface area (Å²) in [6.45, 7) is 6.26. The molecule has 0 radical (unpaired) electrons. The van der Waals surface area contributed by atoms with Crippen LogP contribution in [0.5, 0.6) is 0 Å². The highest BCUT2D eigenvalue weighted by Crippen LogP contribution is 2.27. The molecule has 2 heterocycles. The van der Waals surface area contributed by atoms with Gasteiger partial charge in [-0.2, -0.15) is 0 Å². The van der Waals surface area contributed by atoms with E-state index in [0.717, 1.165) is 0 Å². The van der Waals surface area contributed by atoms with Gasteiger partial charge in [-0.05, 0) is 53.4 Å². The first-order chi connectivity index (χ1) is 15.9. The van der Waals surface area contributed by atoms with Gasteiger partial charge in [0.2, 0.25) is 17.7 Å². The molecule has 2 aliphatic heterocycles.